The average molecular weight is 393 g/mol. The summed E-state index contributed by atoms with van der Waals surface area (Å²) in [6, 6.07) is 1.99. The van der Waals surface area contributed by atoms with E-state index in [-0.39, 0.29) is 24.0 Å². The zero-order chi connectivity index (χ0) is 14.1. The van der Waals surface area contributed by atoms with Gasteiger partial charge in [-0.3, -0.25) is 4.68 Å². The van der Waals surface area contributed by atoms with Gasteiger partial charge in [0, 0.05) is 26.3 Å². The van der Waals surface area contributed by atoms with Gasteiger partial charge >= 0.3 is 0 Å². The molecule has 0 aromatic carbocycles. The van der Waals surface area contributed by atoms with Crippen LogP contribution in [0.3, 0.4) is 0 Å². The molecule has 0 bridgehead atoms. The van der Waals surface area contributed by atoms with Crippen molar-refractivity contribution < 1.29 is 0 Å². The van der Waals surface area contributed by atoms with E-state index in [1.54, 1.807) is 6.20 Å². The zero-order valence-corrected chi connectivity index (χ0v) is 15.3. The summed E-state index contributed by atoms with van der Waals surface area (Å²) in [7, 11) is 1.94. The maximum absolute atomic E-state index is 4.59. The molecule has 2 N–H and O–H groups in total. The molecule has 0 saturated heterocycles. The Labute approximate surface area is 139 Å². The van der Waals surface area contributed by atoms with Crippen LogP contribution < -0.4 is 10.6 Å². The third-order valence-corrected chi connectivity index (χ3v) is 3.38. The highest BCUT2D eigenvalue weighted by atomic mass is 127. The third kappa shape index (κ3) is 6.58. The second kappa shape index (κ2) is 10.9. The second-order valence-electron chi connectivity index (χ2n) is 4.70. The first kappa shape index (κ1) is 19.2. The fourth-order valence-corrected chi connectivity index (χ4v) is 1.88. The molecule has 5 nitrogen and oxygen atoms in total. The molecule has 1 aromatic heterocycles. The quantitative estimate of drug-likeness (QED) is 0.425. The van der Waals surface area contributed by atoms with Crippen LogP contribution in [0.25, 0.3) is 0 Å². The van der Waals surface area contributed by atoms with Crippen molar-refractivity contribution in [2.45, 2.75) is 40.2 Å². The lowest BCUT2D eigenvalue weighted by Crippen LogP contribution is -2.39. The van der Waals surface area contributed by atoms with Gasteiger partial charge in [-0.2, -0.15) is 5.10 Å². The summed E-state index contributed by atoms with van der Waals surface area (Å²) < 4.78 is 1.86. The van der Waals surface area contributed by atoms with Crippen LogP contribution in [-0.2, 0) is 13.6 Å². The predicted octanol–water partition coefficient (Wildman–Crippen LogP) is 2.53. The Kier molecular flexibility index (Phi) is 10.5. The van der Waals surface area contributed by atoms with Crippen molar-refractivity contribution in [3.63, 3.8) is 0 Å². The monoisotopic (exact) mass is 393 g/mol. The van der Waals surface area contributed by atoms with Crippen LogP contribution >= 0.6 is 24.0 Å². The highest BCUT2D eigenvalue weighted by molar-refractivity contribution is 14.0. The summed E-state index contributed by atoms with van der Waals surface area (Å²) in [5, 5.41) is 10.8. The van der Waals surface area contributed by atoms with Crippen molar-refractivity contribution in [2.75, 3.05) is 13.1 Å². The number of hydrogen-bond acceptors (Lipinski definition) is 2. The Morgan fingerprint density at radius 2 is 2.00 bits per heavy atom. The van der Waals surface area contributed by atoms with Gasteiger partial charge in [0.05, 0.1) is 12.2 Å². The number of aliphatic imine (C=N–C) groups is 1. The molecule has 6 heteroatoms. The van der Waals surface area contributed by atoms with Gasteiger partial charge in [0.15, 0.2) is 5.96 Å². The van der Waals surface area contributed by atoms with Gasteiger partial charge in [0.2, 0.25) is 0 Å². The van der Waals surface area contributed by atoms with Gasteiger partial charge < -0.3 is 10.6 Å². The Bertz CT molecular complexity index is 385. The van der Waals surface area contributed by atoms with Crippen molar-refractivity contribution in [3.8, 4) is 0 Å². The van der Waals surface area contributed by atoms with Gasteiger partial charge in [0.25, 0.3) is 0 Å². The Hall–Kier alpha value is -0.790. The third-order valence-electron chi connectivity index (χ3n) is 3.38. The topological polar surface area (TPSA) is 54.2 Å². The SMILES string of the molecule is CCNC(=NCc1ccnn1C)NCC(CC)CC.I. The van der Waals surface area contributed by atoms with Crippen molar-refractivity contribution in [3.05, 3.63) is 18.0 Å². The molecular formula is C14H28IN5. The molecule has 0 saturated carbocycles. The van der Waals surface area contributed by atoms with Crippen molar-refractivity contribution in [1.29, 1.82) is 0 Å². The number of halogens is 1. The van der Waals surface area contributed by atoms with Crippen LogP contribution in [0.1, 0.15) is 39.3 Å². The summed E-state index contributed by atoms with van der Waals surface area (Å²) in [5.74, 6) is 1.59. The minimum atomic E-state index is 0. The number of aromatic nitrogens is 2. The number of guanidine groups is 1. The van der Waals surface area contributed by atoms with Gasteiger partial charge in [0.1, 0.15) is 0 Å². The molecule has 1 heterocycles. The predicted molar refractivity (Wildman–Crippen MR) is 95.5 cm³/mol. The molecule has 20 heavy (non-hydrogen) atoms. The molecule has 0 radical (unpaired) electrons. The standard InChI is InChI=1S/C14H27N5.HI/c1-5-12(6-2)10-16-14(15-7-3)17-11-13-8-9-18-19(13)4;/h8-9,12H,5-7,10-11H2,1-4H3,(H2,15,16,17);1H. The molecule has 116 valence electrons. The van der Waals surface area contributed by atoms with Crippen molar-refractivity contribution in [1.82, 2.24) is 20.4 Å². The number of rotatable bonds is 7. The van der Waals surface area contributed by atoms with Crippen LogP contribution in [0.4, 0.5) is 0 Å². The normalized spacial score (nSPS) is 11.3. The molecular weight excluding hydrogens is 365 g/mol. The minimum absolute atomic E-state index is 0. The molecule has 0 unspecified atom stereocenters. The highest BCUT2D eigenvalue weighted by Crippen LogP contribution is 2.05. The summed E-state index contributed by atoms with van der Waals surface area (Å²) in [5.41, 5.74) is 1.11. The van der Waals surface area contributed by atoms with E-state index in [9.17, 15) is 0 Å². The minimum Gasteiger partial charge on any atom is -0.357 e. The summed E-state index contributed by atoms with van der Waals surface area (Å²) in [6.45, 7) is 9.04. The van der Waals surface area contributed by atoms with Crippen LogP contribution in [0, 0.1) is 5.92 Å². The molecule has 0 aliphatic carbocycles. The van der Waals surface area contributed by atoms with E-state index in [0.29, 0.717) is 12.5 Å². The zero-order valence-electron chi connectivity index (χ0n) is 13.0. The summed E-state index contributed by atoms with van der Waals surface area (Å²) in [6.07, 6.45) is 4.20. The number of nitrogens with zero attached hydrogens (tertiary/aromatic N) is 3. The highest BCUT2D eigenvalue weighted by Gasteiger charge is 2.05. The van der Waals surface area contributed by atoms with Crippen LogP contribution in [0.15, 0.2) is 17.3 Å². The lowest BCUT2D eigenvalue weighted by atomic mass is 10.0. The van der Waals surface area contributed by atoms with Gasteiger partial charge in [-0.15, -0.1) is 24.0 Å². The number of aryl methyl sites for hydroxylation is 1. The maximum atomic E-state index is 4.59. The van der Waals surface area contributed by atoms with E-state index in [1.165, 1.54) is 12.8 Å². The van der Waals surface area contributed by atoms with Gasteiger partial charge in [-0.05, 0) is 18.9 Å². The lowest BCUT2D eigenvalue weighted by Gasteiger charge is -2.16. The van der Waals surface area contributed by atoms with E-state index in [1.807, 2.05) is 17.8 Å². The van der Waals surface area contributed by atoms with E-state index in [4.69, 9.17) is 0 Å². The molecule has 1 rings (SSSR count). The van der Waals surface area contributed by atoms with Crippen LogP contribution in [0.5, 0.6) is 0 Å². The Morgan fingerprint density at radius 3 is 2.50 bits per heavy atom. The van der Waals surface area contributed by atoms with Gasteiger partial charge in [-0.25, -0.2) is 4.99 Å². The summed E-state index contributed by atoms with van der Waals surface area (Å²) in [4.78, 5) is 4.59. The Balaban J connectivity index is 0.00000361. The first-order valence-electron chi connectivity index (χ1n) is 7.20. The summed E-state index contributed by atoms with van der Waals surface area (Å²) >= 11 is 0. The number of hydrogen-bond donors (Lipinski definition) is 2. The molecule has 0 fully saturated rings. The molecule has 1 aromatic rings. The maximum Gasteiger partial charge on any atom is 0.191 e. The van der Waals surface area contributed by atoms with E-state index < -0.39 is 0 Å². The first-order valence-corrected chi connectivity index (χ1v) is 7.20. The van der Waals surface area contributed by atoms with Crippen LogP contribution in [-0.4, -0.2) is 28.8 Å². The van der Waals surface area contributed by atoms with Crippen molar-refractivity contribution >= 4 is 29.9 Å². The van der Waals surface area contributed by atoms with E-state index in [0.717, 1.165) is 24.7 Å². The fraction of sp³-hybridized carbons (Fsp3) is 0.714. The fourth-order valence-electron chi connectivity index (χ4n) is 1.88. The van der Waals surface area contributed by atoms with E-state index in [2.05, 4.69) is 41.5 Å². The molecule has 0 aliphatic rings. The lowest BCUT2D eigenvalue weighted by molar-refractivity contribution is 0.481. The molecule has 0 amide bonds. The van der Waals surface area contributed by atoms with Gasteiger partial charge in [-0.1, -0.05) is 26.7 Å². The Morgan fingerprint density at radius 1 is 1.30 bits per heavy atom. The second-order valence-corrected chi connectivity index (χ2v) is 4.70. The largest absolute Gasteiger partial charge is 0.357 e. The van der Waals surface area contributed by atoms with E-state index >= 15 is 0 Å². The average Bonchev–Trinajstić information content (AvgIpc) is 2.82. The molecule has 0 aliphatic heterocycles. The number of nitrogens with one attached hydrogen (secondary N) is 2. The smallest absolute Gasteiger partial charge is 0.191 e. The molecule has 0 spiro atoms. The van der Waals surface area contributed by atoms with Crippen molar-refractivity contribution in [2.24, 2.45) is 18.0 Å². The van der Waals surface area contributed by atoms with Crippen LogP contribution in [0.2, 0.25) is 0 Å². The first-order chi connectivity index (χ1) is 9.21. The molecule has 0 atom stereocenters.